The lowest BCUT2D eigenvalue weighted by atomic mass is 10.1. The number of carboxylic acid groups (broad SMARTS) is 1. The summed E-state index contributed by atoms with van der Waals surface area (Å²) in [5.41, 5.74) is -1.20. The minimum absolute atomic E-state index is 0.153. The fourth-order valence-corrected chi connectivity index (χ4v) is 2.31. The van der Waals surface area contributed by atoms with Crippen molar-refractivity contribution in [2.24, 2.45) is 5.41 Å². The highest BCUT2D eigenvalue weighted by molar-refractivity contribution is 5.83. The highest BCUT2D eigenvalue weighted by Crippen LogP contribution is 2.57. The van der Waals surface area contributed by atoms with Gasteiger partial charge in [0.2, 0.25) is 0 Å². The van der Waals surface area contributed by atoms with Crippen LogP contribution in [0.4, 0.5) is 4.79 Å². The Kier molecular flexibility index (Phi) is 2.19. The summed E-state index contributed by atoms with van der Waals surface area (Å²) in [5.74, 6) is -0.788. The molecule has 1 aliphatic heterocycles. The Balaban J connectivity index is 2.00. The summed E-state index contributed by atoms with van der Waals surface area (Å²) >= 11 is 0. The third kappa shape index (κ3) is 1.64. The van der Waals surface area contributed by atoms with Crippen LogP contribution in [0.1, 0.15) is 33.6 Å². The van der Waals surface area contributed by atoms with E-state index in [1.165, 1.54) is 0 Å². The molecule has 1 amide bonds. The second kappa shape index (κ2) is 3.12. The second-order valence-corrected chi connectivity index (χ2v) is 5.60. The van der Waals surface area contributed by atoms with Gasteiger partial charge in [-0.3, -0.25) is 4.79 Å². The number of likely N-dealkylation sites (tertiary alicyclic amines) is 1. The van der Waals surface area contributed by atoms with Crippen LogP contribution < -0.4 is 0 Å². The van der Waals surface area contributed by atoms with E-state index in [0.717, 1.165) is 0 Å². The molecule has 0 unspecified atom stereocenters. The molecule has 1 aliphatic carbocycles. The zero-order chi connectivity index (χ0) is 12.1. The van der Waals surface area contributed by atoms with Crippen molar-refractivity contribution in [2.75, 3.05) is 6.54 Å². The zero-order valence-corrected chi connectivity index (χ0v) is 9.82. The number of rotatable bonds is 1. The maximum atomic E-state index is 11.8. The summed E-state index contributed by atoms with van der Waals surface area (Å²) in [6.07, 6.45) is 0.728. The number of fused-ring (bicyclic) bond motifs is 1. The number of carbonyl (C=O) groups excluding carboxylic acids is 1. The first-order valence-corrected chi connectivity index (χ1v) is 5.49. The van der Waals surface area contributed by atoms with Crippen LogP contribution in [0.15, 0.2) is 0 Å². The number of carboxylic acids is 1. The number of hydrogen-bond acceptors (Lipinski definition) is 3. The summed E-state index contributed by atoms with van der Waals surface area (Å²) in [6.45, 7) is 5.90. The molecule has 1 saturated heterocycles. The maximum Gasteiger partial charge on any atom is 0.410 e. The molecule has 0 spiro atoms. The van der Waals surface area contributed by atoms with Gasteiger partial charge in [0.1, 0.15) is 5.60 Å². The van der Waals surface area contributed by atoms with Gasteiger partial charge >= 0.3 is 12.1 Å². The number of nitrogens with zero attached hydrogens (tertiary/aromatic N) is 1. The van der Waals surface area contributed by atoms with Crippen molar-refractivity contribution < 1.29 is 19.4 Å². The zero-order valence-electron chi connectivity index (χ0n) is 9.82. The van der Waals surface area contributed by atoms with Gasteiger partial charge in [0.05, 0.1) is 11.5 Å². The number of piperidine rings is 1. The van der Waals surface area contributed by atoms with Gasteiger partial charge in [0, 0.05) is 6.54 Å². The first-order valence-electron chi connectivity index (χ1n) is 5.49. The van der Waals surface area contributed by atoms with E-state index in [2.05, 4.69) is 0 Å². The van der Waals surface area contributed by atoms with Crippen molar-refractivity contribution in [3.8, 4) is 0 Å². The topological polar surface area (TPSA) is 66.8 Å². The van der Waals surface area contributed by atoms with Crippen LogP contribution >= 0.6 is 0 Å². The maximum absolute atomic E-state index is 11.8. The average molecular weight is 227 g/mol. The van der Waals surface area contributed by atoms with Crippen LogP contribution in [-0.2, 0) is 9.53 Å². The van der Waals surface area contributed by atoms with E-state index >= 15 is 0 Å². The minimum atomic E-state index is -0.788. The Morgan fingerprint density at radius 3 is 2.44 bits per heavy atom. The first-order chi connectivity index (χ1) is 7.26. The molecule has 2 rings (SSSR count). The molecule has 0 aromatic rings. The molecule has 2 fully saturated rings. The largest absolute Gasteiger partial charge is 0.481 e. The van der Waals surface area contributed by atoms with Crippen molar-refractivity contribution in [1.82, 2.24) is 4.90 Å². The fourth-order valence-electron chi connectivity index (χ4n) is 2.31. The van der Waals surface area contributed by atoms with E-state index in [9.17, 15) is 9.59 Å². The predicted molar refractivity (Wildman–Crippen MR) is 56.0 cm³/mol. The predicted octanol–water partition coefficient (Wildman–Crippen LogP) is 1.47. The van der Waals surface area contributed by atoms with E-state index in [1.807, 2.05) is 0 Å². The Morgan fingerprint density at radius 2 is 2.06 bits per heavy atom. The highest BCUT2D eigenvalue weighted by atomic mass is 16.6. The van der Waals surface area contributed by atoms with Gasteiger partial charge in [-0.2, -0.15) is 0 Å². The summed E-state index contributed by atoms with van der Waals surface area (Å²) in [5, 5.41) is 9.07. The summed E-state index contributed by atoms with van der Waals surface area (Å²) in [4.78, 5) is 24.4. The molecule has 5 heteroatoms. The molecule has 0 aromatic carbocycles. The van der Waals surface area contributed by atoms with Gasteiger partial charge in [-0.25, -0.2) is 4.79 Å². The van der Waals surface area contributed by atoms with Crippen molar-refractivity contribution in [1.29, 1.82) is 0 Å². The normalized spacial score (nSPS) is 32.2. The molecule has 1 saturated carbocycles. The Labute approximate surface area is 94.4 Å². The summed E-state index contributed by atoms with van der Waals surface area (Å²) in [7, 11) is 0. The summed E-state index contributed by atoms with van der Waals surface area (Å²) in [6, 6.07) is -0.153. The minimum Gasteiger partial charge on any atom is -0.481 e. The lowest BCUT2D eigenvalue weighted by Crippen LogP contribution is -2.37. The molecule has 1 N–H and O–H groups in total. The lowest BCUT2D eigenvalue weighted by Gasteiger charge is -2.25. The molecule has 1 heterocycles. The van der Waals surface area contributed by atoms with E-state index < -0.39 is 23.1 Å². The van der Waals surface area contributed by atoms with Crippen LogP contribution in [0.3, 0.4) is 0 Å². The number of amides is 1. The monoisotopic (exact) mass is 227 g/mol. The van der Waals surface area contributed by atoms with E-state index in [1.54, 1.807) is 25.7 Å². The molecule has 2 atom stereocenters. The molecule has 2 aliphatic rings. The molecule has 0 aromatic heterocycles. The molecule has 90 valence electrons. The second-order valence-electron chi connectivity index (χ2n) is 5.60. The number of carbonyl (C=O) groups is 2. The molecule has 5 nitrogen and oxygen atoms in total. The van der Waals surface area contributed by atoms with Crippen LogP contribution in [-0.4, -0.2) is 40.3 Å². The van der Waals surface area contributed by atoms with Crippen molar-refractivity contribution in [3.05, 3.63) is 0 Å². The Bertz CT molecular complexity index is 346. The van der Waals surface area contributed by atoms with E-state index in [0.29, 0.717) is 19.4 Å². The van der Waals surface area contributed by atoms with Gasteiger partial charge in [-0.15, -0.1) is 0 Å². The SMILES string of the molecule is CC(C)(C)OC(=O)N1CC[C@@]2(C(=O)O)C[C@H]12. The molecular weight excluding hydrogens is 210 g/mol. The van der Waals surface area contributed by atoms with Gasteiger partial charge in [0.15, 0.2) is 0 Å². The quantitative estimate of drug-likeness (QED) is 0.736. The van der Waals surface area contributed by atoms with Gasteiger partial charge in [0.25, 0.3) is 0 Å². The van der Waals surface area contributed by atoms with Crippen molar-refractivity contribution in [2.45, 2.75) is 45.3 Å². The van der Waals surface area contributed by atoms with Crippen LogP contribution in [0, 0.1) is 5.41 Å². The van der Waals surface area contributed by atoms with Crippen LogP contribution in [0.2, 0.25) is 0 Å². The van der Waals surface area contributed by atoms with Crippen molar-refractivity contribution >= 4 is 12.1 Å². The Morgan fingerprint density at radius 1 is 1.44 bits per heavy atom. The molecule has 16 heavy (non-hydrogen) atoms. The number of aliphatic carboxylic acids is 1. The third-order valence-electron chi connectivity index (χ3n) is 3.26. The molecule has 0 radical (unpaired) electrons. The lowest BCUT2D eigenvalue weighted by molar-refractivity contribution is -0.143. The van der Waals surface area contributed by atoms with E-state index in [4.69, 9.17) is 9.84 Å². The van der Waals surface area contributed by atoms with E-state index in [-0.39, 0.29) is 6.04 Å². The smallest absolute Gasteiger partial charge is 0.410 e. The molecular formula is C11H17NO4. The van der Waals surface area contributed by atoms with Crippen LogP contribution in [0.5, 0.6) is 0 Å². The number of hydrogen-bond donors (Lipinski definition) is 1. The highest BCUT2D eigenvalue weighted by Gasteiger charge is 2.68. The Hall–Kier alpha value is -1.26. The standard InChI is InChI=1S/C11H17NO4/c1-10(2,3)16-9(15)12-5-4-11(8(13)14)6-7(11)12/h7H,4-6H2,1-3H3,(H,13,14)/t7-,11+/m0/s1. The van der Waals surface area contributed by atoms with Gasteiger partial charge < -0.3 is 14.7 Å². The van der Waals surface area contributed by atoms with Gasteiger partial charge in [-0.05, 0) is 33.6 Å². The first kappa shape index (κ1) is 11.2. The van der Waals surface area contributed by atoms with Crippen molar-refractivity contribution in [3.63, 3.8) is 0 Å². The molecule has 0 bridgehead atoms. The fraction of sp³-hybridized carbons (Fsp3) is 0.818. The average Bonchev–Trinajstić information content (AvgIpc) is 2.70. The van der Waals surface area contributed by atoms with Gasteiger partial charge in [-0.1, -0.05) is 0 Å². The third-order valence-corrected chi connectivity index (χ3v) is 3.26. The van der Waals surface area contributed by atoms with Crippen LogP contribution in [0.25, 0.3) is 0 Å². The summed E-state index contributed by atoms with van der Waals surface area (Å²) < 4.78 is 5.24. The number of ether oxygens (including phenoxy) is 1.